The summed E-state index contributed by atoms with van der Waals surface area (Å²) >= 11 is 0. The molecule has 0 aromatic rings. The molecule has 0 saturated carbocycles. The molecule has 0 unspecified atom stereocenters. The number of hydrogen-bond donors (Lipinski definition) is 0. The molecule has 3 aliphatic carbocycles. The van der Waals surface area contributed by atoms with Crippen molar-refractivity contribution in [2.75, 3.05) is 0 Å². The summed E-state index contributed by atoms with van der Waals surface area (Å²) in [4.78, 5) is 0. The number of benzene rings is 1. The Morgan fingerprint density at radius 2 is 0.969 bits per heavy atom. The Balaban J connectivity index is 0.000000422. The fraction of sp³-hybridized carbons (Fsp3) is 0.316. The smallest absolute Gasteiger partial charge is 0.172 e. The van der Waals surface area contributed by atoms with Gasteiger partial charge in [0.1, 0.15) is 0 Å². The van der Waals surface area contributed by atoms with Gasteiger partial charge in [0.05, 0.1) is 11.1 Å². The third-order valence-electron chi connectivity index (χ3n) is 4.28. The first-order valence-corrected chi connectivity index (χ1v) is 8.30. The van der Waals surface area contributed by atoms with Gasteiger partial charge in [-0.25, -0.2) is 0 Å². The van der Waals surface area contributed by atoms with Gasteiger partial charge in [-0.05, 0) is 12.8 Å². The average Bonchev–Trinajstić information content (AvgIpc) is 3.06. The minimum atomic E-state index is -6.24. The van der Waals surface area contributed by atoms with E-state index in [4.69, 9.17) is 0 Å². The van der Waals surface area contributed by atoms with Crippen LogP contribution < -0.4 is 0 Å². The van der Waals surface area contributed by atoms with Crippen LogP contribution in [0, 0.1) is 0 Å². The average molecular weight is 526 g/mol. The van der Waals surface area contributed by atoms with E-state index in [9.17, 15) is 52.7 Å². The Morgan fingerprint density at radius 3 is 1.31 bits per heavy atom. The molecule has 181 valence electrons. The fourth-order valence-corrected chi connectivity index (χ4v) is 3.06. The van der Waals surface area contributed by atoms with Gasteiger partial charge >= 0.3 is 24.7 Å². The maximum atomic E-state index is 12.6. The number of allylic oxidation sites excluding steroid dienone is 4. The molecule has 0 bridgehead atoms. The summed E-state index contributed by atoms with van der Waals surface area (Å²) in [6.45, 7) is 0. The second-order valence-electron chi connectivity index (χ2n) is 6.35. The number of fused-ring (bicyclic) bond motifs is 1. The summed E-state index contributed by atoms with van der Waals surface area (Å²) < 4.78 is 150. The van der Waals surface area contributed by atoms with Gasteiger partial charge in [0.25, 0.3) is 0 Å². The zero-order chi connectivity index (χ0) is 23.8. The molecule has 32 heavy (non-hydrogen) atoms. The molecule has 0 atom stereocenters. The summed E-state index contributed by atoms with van der Waals surface area (Å²) in [7, 11) is 0. The summed E-state index contributed by atoms with van der Waals surface area (Å²) in [5.74, 6) is 0. The summed E-state index contributed by atoms with van der Waals surface area (Å²) in [5, 5.41) is 0. The molecule has 0 saturated heterocycles. The standard InChI is InChI=1S/C10H4F12.C9H7.Co/c11-7(12,13)3-1-2-4(8(14,15)16)6(10(20,21)22)5(3)9(17,18)19;1-2-5-9-7-3-6-8(9)4-1;/h1-2H2;1-7H;/q;-1;. The molecule has 0 aromatic heterocycles. The fourth-order valence-electron chi connectivity index (χ4n) is 3.06. The first-order chi connectivity index (χ1) is 13.9. The number of alkyl halides is 12. The SMILES string of the molecule is FC(F)(F)C1=C(C(F)(F)F)C(C(F)(F)F)=C(C(F)(F)F)CC1.[Co].c1cc2cc[cH-]cc-2c1. The van der Waals surface area contributed by atoms with Crippen LogP contribution in [0.4, 0.5) is 52.7 Å². The first-order valence-electron chi connectivity index (χ1n) is 8.30. The van der Waals surface area contributed by atoms with Crippen LogP contribution in [-0.2, 0) is 16.8 Å². The molecule has 0 amide bonds. The Labute approximate surface area is 183 Å². The maximum Gasteiger partial charge on any atom is 0.417 e. The first kappa shape index (κ1) is 28.0. The van der Waals surface area contributed by atoms with Gasteiger partial charge in [0.2, 0.25) is 0 Å². The molecule has 13 heteroatoms. The van der Waals surface area contributed by atoms with Crippen LogP contribution in [0.3, 0.4) is 0 Å². The molecular formula is C19H11CoF12-. The van der Waals surface area contributed by atoms with Gasteiger partial charge in [0.15, 0.2) is 0 Å². The normalized spacial score (nSPS) is 16.0. The van der Waals surface area contributed by atoms with Crippen molar-refractivity contribution in [3.8, 4) is 11.1 Å². The second-order valence-corrected chi connectivity index (χ2v) is 6.35. The summed E-state index contributed by atoms with van der Waals surface area (Å²) in [6, 6.07) is 14.7. The quantitative estimate of drug-likeness (QED) is 0.240. The molecular weight excluding hydrogens is 515 g/mol. The Morgan fingerprint density at radius 1 is 0.562 bits per heavy atom. The molecule has 1 radical (unpaired) electrons. The summed E-state index contributed by atoms with van der Waals surface area (Å²) in [6.07, 6.45) is -27.8. The molecule has 3 aliphatic rings. The molecule has 3 rings (SSSR count). The molecule has 0 aliphatic heterocycles. The Kier molecular flexibility index (Phi) is 8.28. The zero-order valence-corrected chi connectivity index (χ0v) is 16.4. The maximum absolute atomic E-state index is 12.6. The predicted octanol–water partition coefficient (Wildman–Crippen LogP) is 8.13. The van der Waals surface area contributed by atoms with E-state index in [0.29, 0.717) is 0 Å². The van der Waals surface area contributed by atoms with Gasteiger partial charge < -0.3 is 0 Å². The van der Waals surface area contributed by atoms with Gasteiger partial charge in [0, 0.05) is 27.9 Å². The van der Waals surface area contributed by atoms with E-state index < -0.39 is 59.8 Å². The van der Waals surface area contributed by atoms with Crippen LogP contribution in [0.25, 0.3) is 11.1 Å². The van der Waals surface area contributed by atoms with E-state index in [1.54, 1.807) is 0 Å². The largest absolute Gasteiger partial charge is 0.417 e. The van der Waals surface area contributed by atoms with Crippen LogP contribution in [-0.4, -0.2) is 24.7 Å². The molecule has 0 spiro atoms. The number of rotatable bonds is 0. The van der Waals surface area contributed by atoms with Crippen LogP contribution in [0.5, 0.6) is 0 Å². The van der Waals surface area contributed by atoms with Crippen molar-refractivity contribution in [2.45, 2.75) is 37.5 Å². The van der Waals surface area contributed by atoms with Crippen molar-refractivity contribution in [3.63, 3.8) is 0 Å². The van der Waals surface area contributed by atoms with E-state index in [1.165, 1.54) is 11.1 Å². The molecule has 0 heterocycles. The van der Waals surface area contributed by atoms with E-state index in [0.717, 1.165) is 0 Å². The predicted molar refractivity (Wildman–Crippen MR) is 86.2 cm³/mol. The van der Waals surface area contributed by atoms with E-state index in [-0.39, 0.29) is 16.8 Å². The third kappa shape index (κ3) is 6.50. The minimum absolute atomic E-state index is 0. The van der Waals surface area contributed by atoms with Crippen molar-refractivity contribution in [3.05, 3.63) is 64.8 Å². The van der Waals surface area contributed by atoms with Gasteiger partial charge in [-0.2, -0.15) is 77.0 Å². The Hall–Kier alpha value is -2.02. The van der Waals surface area contributed by atoms with Gasteiger partial charge in [-0.3, -0.25) is 0 Å². The monoisotopic (exact) mass is 526 g/mol. The molecule has 0 N–H and O–H groups in total. The van der Waals surface area contributed by atoms with Crippen molar-refractivity contribution < 1.29 is 69.5 Å². The van der Waals surface area contributed by atoms with E-state index >= 15 is 0 Å². The minimum Gasteiger partial charge on any atom is -0.172 e. The van der Waals surface area contributed by atoms with Gasteiger partial charge in [-0.15, -0.1) is 17.2 Å². The third-order valence-corrected chi connectivity index (χ3v) is 4.28. The zero-order valence-electron chi connectivity index (χ0n) is 15.3. The Bertz CT molecular complexity index is 860. The van der Waals surface area contributed by atoms with Crippen LogP contribution >= 0.6 is 0 Å². The molecule has 0 nitrogen and oxygen atoms in total. The van der Waals surface area contributed by atoms with Crippen molar-refractivity contribution in [2.24, 2.45) is 0 Å². The van der Waals surface area contributed by atoms with E-state index in [2.05, 4.69) is 42.5 Å². The van der Waals surface area contributed by atoms with Crippen molar-refractivity contribution in [1.82, 2.24) is 0 Å². The summed E-state index contributed by atoms with van der Waals surface area (Å²) in [5.41, 5.74) is -9.33. The van der Waals surface area contributed by atoms with Crippen LogP contribution in [0.15, 0.2) is 64.8 Å². The van der Waals surface area contributed by atoms with Crippen molar-refractivity contribution in [1.29, 1.82) is 0 Å². The molecule has 0 aromatic carbocycles. The van der Waals surface area contributed by atoms with Crippen LogP contribution in [0.1, 0.15) is 12.8 Å². The topological polar surface area (TPSA) is 0 Å². The number of hydrogen-bond acceptors (Lipinski definition) is 0. The van der Waals surface area contributed by atoms with E-state index in [1.807, 2.05) is 0 Å². The second kappa shape index (κ2) is 9.45. The van der Waals surface area contributed by atoms with Crippen LogP contribution in [0.2, 0.25) is 0 Å². The van der Waals surface area contributed by atoms with Gasteiger partial charge in [-0.1, -0.05) is 12.1 Å². The number of halogens is 12. The molecule has 0 fully saturated rings. The van der Waals surface area contributed by atoms with Crippen molar-refractivity contribution >= 4 is 0 Å².